The zero-order valence-corrected chi connectivity index (χ0v) is 45.9. The molecule has 0 radical (unpaired) electrons. The highest BCUT2D eigenvalue weighted by Gasteiger charge is 2.44. The Hall–Kier alpha value is -2.89. The van der Waals surface area contributed by atoms with Crippen LogP contribution in [-0.4, -0.2) is 87.5 Å². The highest BCUT2D eigenvalue weighted by molar-refractivity contribution is 5.76. The van der Waals surface area contributed by atoms with Crippen LogP contribution >= 0.6 is 0 Å². The van der Waals surface area contributed by atoms with Gasteiger partial charge in [-0.15, -0.1) is 0 Å². The minimum atomic E-state index is -1.56. The summed E-state index contributed by atoms with van der Waals surface area (Å²) < 4.78 is 11.3. The number of ether oxygens (including phenoxy) is 2. The predicted molar refractivity (Wildman–Crippen MR) is 304 cm³/mol. The summed E-state index contributed by atoms with van der Waals surface area (Å²) in [6.07, 6.45) is 67.2. The molecule has 1 rings (SSSR count). The summed E-state index contributed by atoms with van der Waals surface area (Å²) in [5.41, 5.74) is 0. The number of unbranched alkanes of at least 4 members (excludes halogenated alkanes) is 23. The van der Waals surface area contributed by atoms with Gasteiger partial charge in [-0.2, -0.15) is 0 Å². The maximum atomic E-state index is 13.1. The topological polar surface area (TPSA) is 149 Å². The predicted octanol–water partition coefficient (Wildman–Crippen LogP) is 14.8. The molecule has 0 aromatic heterocycles. The standard InChI is InChI=1S/C63H109NO8/c1-3-5-7-9-11-13-15-17-19-20-21-22-23-24-25-26-27-28-29-30-31-32-33-34-35-36-37-38-39-41-43-45-47-49-51-53-59(67)64-56(55-71-63-62(70)61(69)60(68)58(54-65)72-63)57(66)52-50-48-46-44-42-40-18-16-14-12-10-8-6-4-2/h5,7,11,13,17,19,21-22,24-25,27-28,30-31,33-34,56-58,60-63,65-66,68-70H,3-4,6,8-10,12,14-16,18,20,23,26,29,32,35-55H2,1-2H3,(H,64,67)/b7-5-,13-11-,19-17-,22-21-,25-24-,28-27-,31-30-,34-33-. The van der Waals surface area contributed by atoms with E-state index in [9.17, 15) is 30.3 Å². The number of carbonyl (C=O) groups excluding carboxylic acids is 1. The Morgan fingerprint density at radius 1 is 0.486 bits per heavy atom. The molecule has 6 N–H and O–H groups in total. The number of aliphatic hydroxyl groups excluding tert-OH is 5. The third-order valence-electron chi connectivity index (χ3n) is 13.5. The van der Waals surface area contributed by atoms with E-state index in [0.29, 0.717) is 12.8 Å². The molecule has 9 nitrogen and oxygen atoms in total. The Morgan fingerprint density at radius 2 is 0.861 bits per heavy atom. The Labute approximate surface area is 441 Å². The molecule has 0 aromatic rings. The number of hydrogen-bond donors (Lipinski definition) is 6. The average molecular weight is 1010 g/mol. The van der Waals surface area contributed by atoms with Crippen molar-refractivity contribution in [2.75, 3.05) is 13.2 Å². The van der Waals surface area contributed by atoms with E-state index in [0.717, 1.165) is 96.3 Å². The molecule has 9 heteroatoms. The molecule has 0 aliphatic carbocycles. The van der Waals surface area contributed by atoms with Gasteiger partial charge in [0.25, 0.3) is 0 Å². The van der Waals surface area contributed by atoms with Crippen molar-refractivity contribution in [3.63, 3.8) is 0 Å². The van der Waals surface area contributed by atoms with Gasteiger partial charge in [-0.25, -0.2) is 0 Å². The van der Waals surface area contributed by atoms with E-state index >= 15 is 0 Å². The first kappa shape index (κ1) is 67.1. The number of allylic oxidation sites excluding steroid dienone is 16. The Kier molecular flexibility index (Phi) is 48.1. The Balaban J connectivity index is 2.16. The first-order chi connectivity index (χ1) is 35.3. The number of carbonyl (C=O) groups is 1. The summed E-state index contributed by atoms with van der Waals surface area (Å²) in [5.74, 6) is -0.152. The van der Waals surface area contributed by atoms with Gasteiger partial charge >= 0.3 is 0 Å². The van der Waals surface area contributed by atoms with Gasteiger partial charge in [0.15, 0.2) is 6.29 Å². The van der Waals surface area contributed by atoms with Crippen molar-refractivity contribution >= 4 is 5.91 Å². The highest BCUT2D eigenvalue weighted by Crippen LogP contribution is 2.23. The quantitative estimate of drug-likeness (QED) is 0.0261. The molecular formula is C63H109NO8. The fourth-order valence-electron chi connectivity index (χ4n) is 8.82. The summed E-state index contributed by atoms with van der Waals surface area (Å²) in [5, 5.41) is 54.6. The van der Waals surface area contributed by atoms with Crippen LogP contribution in [0.25, 0.3) is 0 Å². The van der Waals surface area contributed by atoms with E-state index in [4.69, 9.17) is 9.47 Å². The SMILES string of the molecule is CC/C=C\C/C=C\C/C=C\C/C=C\C/C=C\C/C=C\C/C=C\C/C=C\CCCCCCCCCCCCC(=O)NC(COC1OC(CO)C(O)C(O)C1O)C(O)CCCCCCCCCCCCCCCC. The van der Waals surface area contributed by atoms with Crippen LogP contribution in [0.2, 0.25) is 0 Å². The fourth-order valence-corrected chi connectivity index (χ4v) is 8.82. The Morgan fingerprint density at radius 3 is 1.28 bits per heavy atom. The number of rotatable bonds is 49. The van der Waals surface area contributed by atoms with Gasteiger partial charge in [-0.05, 0) is 77.0 Å². The van der Waals surface area contributed by atoms with Crippen molar-refractivity contribution in [2.24, 2.45) is 0 Å². The molecule has 1 amide bonds. The van der Waals surface area contributed by atoms with E-state index in [1.807, 2.05) is 0 Å². The molecule has 1 aliphatic rings. The van der Waals surface area contributed by atoms with Crippen molar-refractivity contribution in [3.8, 4) is 0 Å². The van der Waals surface area contributed by atoms with Gasteiger partial charge in [-0.3, -0.25) is 4.79 Å². The molecule has 0 spiro atoms. The van der Waals surface area contributed by atoms with E-state index in [-0.39, 0.29) is 12.5 Å². The molecule has 72 heavy (non-hydrogen) atoms. The van der Waals surface area contributed by atoms with E-state index in [1.165, 1.54) is 116 Å². The lowest BCUT2D eigenvalue weighted by Crippen LogP contribution is -2.60. The van der Waals surface area contributed by atoms with Gasteiger partial charge < -0.3 is 40.3 Å². The zero-order chi connectivity index (χ0) is 52.2. The second-order valence-corrected chi connectivity index (χ2v) is 20.1. The minimum absolute atomic E-state index is 0.144. The van der Waals surface area contributed by atoms with Gasteiger partial charge in [-0.1, -0.05) is 252 Å². The van der Waals surface area contributed by atoms with E-state index in [1.54, 1.807) is 0 Å². The van der Waals surface area contributed by atoms with Crippen molar-refractivity contribution in [1.29, 1.82) is 0 Å². The summed E-state index contributed by atoms with van der Waals surface area (Å²) in [4.78, 5) is 13.1. The van der Waals surface area contributed by atoms with Crippen LogP contribution in [-0.2, 0) is 14.3 Å². The lowest BCUT2D eigenvalue weighted by Gasteiger charge is -2.40. The summed E-state index contributed by atoms with van der Waals surface area (Å²) in [7, 11) is 0. The maximum absolute atomic E-state index is 13.1. The normalized spacial score (nSPS) is 19.9. The number of aliphatic hydroxyl groups is 5. The zero-order valence-electron chi connectivity index (χ0n) is 45.9. The smallest absolute Gasteiger partial charge is 0.220 e. The first-order valence-corrected chi connectivity index (χ1v) is 29.4. The number of nitrogens with one attached hydrogen (secondary N) is 1. The maximum Gasteiger partial charge on any atom is 0.220 e. The second-order valence-electron chi connectivity index (χ2n) is 20.1. The van der Waals surface area contributed by atoms with Gasteiger partial charge in [0, 0.05) is 6.42 Å². The van der Waals surface area contributed by atoms with Crippen molar-refractivity contribution in [2.45, 2.75) is 281 Å². The van der Waals surface area contributed by atoms with Crippen LogP contribution in [0.1, 0.15) is 239 Å². The van der Waals surface area contributed by atoms with Crippen LogP contribution in [0.15, 0.2) is 97.2 Å². The van der Waals surface area contributed by atoms with Crippen LogP contribution < -0.4 is 5.32 Å². The van der Waals surface area contributed by atoms with Crippen molar-refractivity contribution in [3.05, 3.63) is 97.2 Å². The largest absolute Gasteiger partial charge is 0.394 e. The highest BCUT2D eigenvalue weighted by atomic mass is 16.7. The number of amides is 1. The molecule has 0 aromatic carbocycles. The monoisotopic (exact) mass is 1010 g/mol. The molecule has 7 atom stereocenters. The fraction of sp³-hybridized carbons (Fsp3) is 0.730. The molecule has 1 aliphatic heterocycles. The number of hydrogen-bond acceptors (Lipinski definition) is 8. The van der Waals surface area contributed by atoms with E-state index < -0.39 is 49.5 Å². The molecule has 7 unspecified atom stereocenters. The molecular weight excluding hydrogens is 899 g/mol. The molecule has 1 saturated heterocycles. The van der Waals surface area contributed by atoms with Crippen LogP contribution in [0.5, 0.6) is 0 Å². The van der Waals surface area contributed by atoms with Gasteiger partial charge in [0.2, 0.25) is 5.91 Å². The van der Waals surface area contributed by atoms with Crippen LogP contribution in [0.3, 0.4) is 0 Å². The molecule has 1 fully saturated rings. The summed E-state index contributed by atoms with van der Waals surface area (Å²) in [6.45, 7) is 3.72. The van der Waals surface area contributed by atoms with E-state index in [2.05, 4.69) is 116 Å². The first-order valence-electron chi connectivity index (χ1n) is 29.4. The summed E-state index contributed by atoms with van der Waals surface area (Å²) in [6, 6.07) is -0.727. The third kappa shape index (κ3) is 40.5. The lowest BCUT2D eigenvalue weighted by molar-refractivity contribution is -0.302. The van der Waals surface area contributed by atoms with Gasteiger partial charge in [0.1, 0.15) is 24.4 Å². The summed E-state index contributed by atoms with van der Waals surface area (Å²) >= 11 is 0. The van der Waals surface area contributed by atoms with Crippen molar-refractivity contribution in [1.82, 2.24) is 5.32 Å². The second kappa shape index (κ2) is 51.6. The third-order valence-corrected chi connectivity index (χ3v) is 13.5. The molecule has 414 valence electrons. The minimum Gasteiger partial charge on any atom is -0.394 e. The molecule has 1 heterocycles. The average Bonchev–Trinajstić information content (AvgIpc) is 3.38. The Bertz CT molecular complexity index is 1450. The molecule has 0 bridgehead atoms. The van der Waals surface area contributed by atoms with Crippen molar-refractivity contribution < 1.29 is 39.8 Å². The van der Waals surface area contributed by atoms with Crippen LogP contribution in [0.4, 0.5) is 0 Å². The van der Waals surface area contributed by atoms with Gasteiger partial charge in [0.05, 0.1) is 25.4 Å². The molecule has 0 saturated carbocycles. The van der Waals surface area contributed by atoms with Crippen LogP contribution in [0, 0.1) is 0 Å². The lowest BCUT2D eigenvalue weighted by atomic mass is 9.99.